The van der Waals surface area contributed by atoms with Crippen LogP contribution in [0, 0.1) is 0 Å². The van der Waals surface area contributed by atoms with Gasteiger partial charge in [-0.25, -0.2) is 4.79 Å². The number of hydrogen-bond donors (Lipinski definition) is 2. The molecule has 7 nitrogen and oxygen atoms in total. The normalized spacial score (nSPS) is 15.6. The molecule has 0 radical (unpaired) electrons. The molecule has 0 fully saturated rings. The second kappa shape index (κ2) is 6.30. The fraction of sp³-hybridized carbons (Fsp3) is 0.167. The first kappa shape index (κ1) is 16.3. The van der Waals surface area contributed by atoms with Crippen molar-refractivity contribution in [2.24, 2.45) is 5.73 Å². The maximum absolute atomic E-state index is 12.6. The number of primary amides is 1. The summed E-state index contributed by atoms with van der Waals surface area (Å²) in [7, 11) is 0. The Morgan fingerprint density at radius 2 is 2.15 bits per heavy atom. The van der Waals surface area contributed by atoms with E-state index in [2.05, 4.69) is 5.16 Å². The molecule has 26 heavy (non-hydrogen) atoms. The molecule has 1 aromatic carbocycles. The lowest BCUT2D eigenvalue weighted by Gasteiger charge is -2.09. The van der Waals surface area contributed by atoms with Crippen LogP contribution in [0.2, 0.25) is 0 Å². The zero-order valence-electron chi connectivity index (χ0n) is 13.6. The van der Waals surface area contributed by atoms with Gasteiger partial charge >= 0.3 is 5.97 Å². The number of rotatable bonds is 4. The lowest BCUT2D eigenvalue weighted by molar-refractivity contribution is -0.119. The maximum atomic E-state index is 12.6. The highest BCUT2D eigenvalue weighted by Crippen LogP contribution is 2.36. The number of carbonyl (C=O) groups is 2. The Balaban J connectivity index is 1.61. The standard InChI is InChI=1S/C18H15N3O4S/c19-16(22)12-5-3-9-8-10(4-6-11(9)12)24-18(23)14-15(21-25-17(14)20)13-2-1-7-26-13/h1-2,4,6-8,12H,3,5,20H2,(H2,19,22). The number of nitrogens with two attached hydrogens (primary N) is 2. The number of carbonyl (C=O) groups excluding carboxylic acids is 2. The van der Waals surface area contributed by atoms with Gasteiger partial charge < -0.3 is 20.7 Å². The molecule has 4 N–H and O–H groups in total. The minimum Gasteiger partial charge on any atom is -0.423 e. The van der Waals surface area contributed by atoms with E-state index < -0.39 is 5.97 Å². The van der Waals surface area contributed by atoms with E-state index in [1.807, 2.05) is 17.5 Å². The molecular formula is C18H15N3O4S. The van der Waals surface area contributed by atoms with Crippen molar-refractivity contribution in [1.29, 1.82) is 0 Å². The number of hydrogen-bond acceptors (Lipinski definition) is 7. The Morgan fingerprint density at radius 3 is 2.88 bits per heavy atom. The van der Waals surface area contributed by atoms with Gasteiger partial charge in [-0.3, -0.25) is 4.79 Å². The van der Waals surface area contributed by atoms with Crippen molar-refractivity contribution in [2.45, 2.75) is 18.8 Å². The van der Waals surface area contributed by atoms with Crippen LogP contribution < -0.4 is 16.2 Å². The second-order valence-corrected chi connectivity index (χ2v) is 6.94. The number of fused-ring (bicyclic) bond motifs is 1. The van der Waals surface area contributed by atoms with Gasteiger partial charge in [-0.05, 0) is 47.5 Å². The second-order valence-electron chi connectivity index (χ2n) is 5.99. The van der Waals surface area contributed by atoms with Crippen molar-refractivity contribution in [3.63, 3.8) is 0 Å². The fourth-order valence-corrected chi connectivity index (χ4v) is 3.90. The first-order valence-electron chi connectivity index (χ1n) is 7.98. The van der Waals surface area contributed by atoms with Gasteiger partial charge in [0.05, 0.1) is 10.8 Å². The number of amides is 1. The van der Waals surface area contributed by atoms with E-state index in [0.29, 0.717) is 24.3 Å². The smallest absolute Gasteiger partial charge is 0.351 e. The number of ether oxygens (including phenoxy) is 1. The summed E-state index contributed by atoms with van der Waals surface area (Å²) in [6.07, 6.45) is 1.38. The molecule has 0 aliphatic heterocycles. The fourth-order valence-electron chi connectivity index (χ4n) is 3.19. The van der Waals surface area contributed by atoms with Gasteiger partial charge in [0.15, 0.2) is 5.56 Å². The number of aromatic nitrogens is 1. The molecule has 1 aliphatic carbocycles. The van der Waals surface area contributed by atoms with Gasteiger partial charge in [-0.1, -0.05) is 17.3 Å². The van der Waals surface area contributed by atoms with Crippen molar-refractivity contribution in [2.75, 3.05) is 5.73 Å². The molecule has 0 bridgehead atoms. The third kappa shape index (κ3) is 2.74. The first-order valence-corrected chi connectivity index (χ1v) is 8.86. The van der Waals surface area contributed by atoms with E-state index >= 15 is 0 Å². The molecule has 2 heterocycles. The first-order chi connectivity index (χ1) is 12.5. The van der Waals surface area contributed by atoms with Crippen molar-refractivity contribution in [1.82, 2.24) is 5.16 Å². The largest absolute Gasteiger partial charge is 0.423 e. The molecule has 1 unspecified atom stereocenters. The van der Waals surface area contributed by atoms with Gasteiger partial charge in [-0.2, -0.15) is 0 Å². The topological polar surface area (TPSA) is 121 Å². The van der Waals surface area contributed by atoms with Crippen LogP contribution in [0.15, 0.2) is 40.2 Å². The molecule has 1 atom stereocenters. The van der Waals surface area contributed by atoms with E-state index in [-0.39, 0.29) is 23.3 Å². The summed E-state index contributed by atoms with van der Waals surface area (Å²) in [4.78, 5) is 24.8. The summed E-state index contributed by atoms with van der Waals surface area (Å²) in [5.74, 6) is -0.985. The van der Waals surface area contributed by atoms with Crippen molar-refractivity contribution < 1.29 is 18.8 Å². The zero-order chi connectivity index (χ0) is 18.3. The summed E-state index contributed by atoms with van der Waals surface area (Å²) >= 11 is 1.42. The molecule has 0 spiro atoms. The van der Waals surface area contributed by atoms with Crippen LogP contribution >= 0.6 is 11.3 Å². The van der Waals surface area contributed by atoms with Crippen LogP contribution in [0.1, 0.15) is 33.8 Å². The van der Waals surface area contributed by atoms with E-state index in [1.165, 1.54) is 11.3 Å². The van der Waals surface area contributed by atoms with E-state index in [1.54, 1.807) is 18.2 Å². The van der Waals surface area contributed by atoms with Crippen LogP contribution in [0.25, 0.3) is 10.6 Å². The Kier molecular flexibility index (Phi) is 3.96. The quantitative estimate of drug-likeness (QED) is 0.539. The molecule has 2 aromatic heterocycles. The predicted octanol–water partition coefficient (Wildman–Crippen LogP) is 2.72. The highest BCUT2D eigenvalue weighted by molar-refractivity contribution is 7.13. The van der Waals surface area contributed by atoms with E-state index in [9.17, 15) is 9.59 Å². The molecule has 8 heteroatoms. The summed E-state index contributed by atoms with van der Waals surface area (Å²) in [6.45, 7) is 0. The highest BCUT2D eigenvalue weighted by atomic mass is 32.1. The maximum Gasteiger partial charge on any atom is 0.351 e. The Labute approximate surface area is 152 Å². The Morgan fingerprint density at radius 1 is 1.31 bits per heavy atom. The number of thiophene rings is 1. The number of anilines is 1. The third-order valence-corrected chi connectivity index (χ3v) is 5.30. The van der Waals surface area contributed by atoms with Gasteiger partial charge in [0.2, 0.25) is 11.8 Å². The van der Waals surface area contributed by atoms with Crippen molar-refractivity contribution >= 4 is 29.1 Å². The van der Waals surface area contributed by atoms with Crippen LogP contribution in [0.3, 0.4) is 0 Å². The van der Waals surface area contributed by atoms with Crippen LogP contribution in [0.4, 0.5) is 5.88 Å². The molecule has 0 saturated carbocycles. The molecule has 1 amide bonds. The number of esters is 1. The van der Waals surface area contributed by atoms with Gasteiger partial charge in [0.1, 0.15) is 11.4 Å². The molecule has 0 saturated heterocycles. The SMILES string of the molecule is NC(=O)C1CCc2cc(OC(=O)c3c(-c4cccs4)noc3N)ccc21. The lowest BCUT2D eigenvalue weighted by Crippen LogP contribution is -2.19. The third-order valence-electron chi connectivity index (χ3n) is 4.42. The van der Waals surface area contributed by atoms with Gasteiger partial charge in [-0.15, -0.1) is 11.3 Å². The highest BCUT2D eigenvalue weighted by Gasteiger charge is 2.28. The minimum absolute atomic E-state index is 0.0895. The number of benzene rings is 1. The van der Waals surface area contributed by atoms with Crippen molar-refractivity contribution in [3.8, 4) is 16.3 Å². The summed E-state index contributed by atoms with van der Waals surface area (Å²) in [5.41, 5.74) is 13.5. The Bertz CT molecular complexity index is 994. The van der Waals surface area contributed by atoms with E-state index in [0.717, 1.165) is 16.0 Å². The average Bonchev–Trinajstić information content (AvgIpc) is 3.32. The molecule has 4 rings (SSSR count). The summed E-state index contributed by atoms with van der Waals surface area (Å²) in [5, 5.41) is 5.73. The van der Waals surface area contributed by atoms with Crippen molar-refractivity contribution in [3.05, 3.63) is 52.4 Å². The minimum atomic E-state index is -0.642. The zero-order valence-corrected chi connectivity index (χ0v) is 14.4. The Hall–Kier alpha value is -3.13. The lowest BCUT2D eigenvalue weighted by atomic mass is 10.0. The molecule has 3 aromatic rings. The van der Waals surface area contributed by atoms with Crippen LogP contribution in [-0.2, 0) is 11.2 Å². The average molecular weight is 369 g/mol. The molecule has 132 valence electrons. The number of aryl methyl sites for hydroxylation is 1. The van der Waals surface area contributed by atoms with Gasteiger partial charge in [0.25, 0.3) is 0 Å². The molecular weight excluding hydrogens is 354 g/mol. The van der Waals surface area contributed by atoms with E-state index in [4.69, 9.17) is 20.7 Å². The predicted molar refractivity (Wildman–Crippen MR) is 95.9 cm³/mol. The van der Waals surface area contributed by atoms with Crippen LogP contribution in [-0.4, -0.2) is 17.0 Å². The summed E-state index contributed by atoms with van der Waals surface area (Å²) in [6, 6.07) is 8.84. The number of nitrogen functional groups attached to an aromatic ring is 1. The van der Waals surface area contributed by atoms with Gasteiger partial charge in [0, 0.05) is 0 Å². The van der Waals surface area contributed by atoms with Crippen LogP contribution in [0.5, 0.6) is 5.75 Å². The summed E-state index contributed by atoms with van der Waals surface area (Å²) < 4.78 is 10.4. The molecule has 1 aliphatic rings. The number of nitrogens with zero attached hydrogens (tertiary/aromatic N) is 1. The monoisotopic (exact) mass is 369 g/mol.